The summed E-state index contributed by atoms with van der Waals surface area (Å²) < 4.78 is 34.9. The monoisotopic (exact) mass is 246 g/mol. The summed E-state index contributed by atoms with van der Waals surface area (Å²) in [5, 5.41) is 9.60. The molecule has 1 atom stereocenters. The Morgan fingerprint density at radius 1 is 1.35 bits per heavy atom. The van der Waals surface area contributed by atoms with Crippen LogP contribution in [-0.2, 0) is 9.53 Å². The molecule has 0 saturated heterocycles. The van der Waals surface area contributed by atoms with Gasteiger partial charge < -0.3 is 14.6 Å². The highest BCUT2D eigenvalue weighted by molar-refractivity contribution is 5.78. The average molecular weight is 246 g/mol. The minimum Gasteiger partial charge on any atom is -0.490 e. The summed E-state index contributed by atoms with van der Waals surface area (Å²) >= 11 is 0. The molecule has 94 valence electrons. The Morgan fingerprint density at radius 3 is 2.35 bits per heavy atom. The van der Waals surface area contributed by atoms with E-state index in [9.17, 15) is 18.7 Å². The number of aliphatic hydroxyl groups is 1. The second-order valence-corrected chi connectivity index (χ2v) is 3.66. The van der Waals surface area contributed by atoms with E-state index in [1.807, 2.05) is 0 Å². The Morgan fingerprint density at radius 2 is 1.88 bits per heavy atom. The van der Waals surface area contributed by atoms with Gasteiger partial charge in [-0.25, -0.2) is 13.6 Å². The fourth-order valence-corrected chi connectivity index (χ4v) is 1.11. The fraction of sp³-hybridized carbons (Fsp3) is 0.364. The number of rotatable bonds is 4. The molecule has 0 bridgehead atoms. The zero-order chi connectivity index (χ0) is 13.1. The molecule has 0 radical (unpaired) electrons. The van der Waals surface area contributed by atoms with E-state index >= 15 is 0 Å². The van der Waals surface area contributed by atoms with Gasteiger partial charge in [-0.2, -0.15) is 0 Å². The van der Waals surface area contributed by atoms with Crippen LogP contribution in [0.4, 0.5) is 8.78 Å². The van der Waals surface area contributed by atoms with Gasteiger partial charge >= 0.3 is 5.97 Å². The van der Waals surface area contributed by atoms with Gasteiger partial charge in [0.15, 0.2) is 5.60 Å². The standard InChI is InChI=1S/C11H12F2O4/c1-11(15,10(14)16-2)6-17-9-4-7(12)3-8(13)5-9/h3-5,15H,6H2,1-2H3/t11-/m1/s1. The third-order valence-corrected chi connectivity index (χ3v) is 1.98. The maximum absolute atomic E-state index is 12.8. The van der Waals surface area contributed by atoms with Crippen molar-refractivity contribution in [1.82, 2.24) is 0 Å². The summed E-state index contributed by atoms with van der Waals surface area (Å²) in [4.78, 5) is 11.1. The van der Waals surface area contributed by atoms with Crippen LogP contribution in [0, 0.1) is 11.6 Å². The number of hydrogen-bond donors (Lipinski definition) is 1. The minimum absolute atomic E-state index is 0.119. The predicted octanol–water partition coefficient (Wildman–Crippen LogP) is 1.27. The molecule has 0 saturated carbocycles. The number of esters is 1. The smallest absolute Gasteiger partial charge is 0.341 e. The van der Waals surface area contributed by atoms with E-state index in [1.165, 1.54) is 6.92 Å². The van der Waals surface area contributed by atoms with E-state index in [0.29, 0.717) is 6.07 Å². The summed E-state index contributed by atoms with van der Waals surface area (Å²) in [5.41, 5.74) is -1.88. The van der Waals surface area contributed by atoms with Crippen molar-refractivity contribution in [2.75, 3.05) is 13.7 Å². The molecule has 0 heterocycles. The molecule has 0 fully saturated rings. The third kappa shape index (κ3) is 3.67. The first-order chi connectivity index (χ1) is 7.85. The van der Waals surface area contributed by atoms with Gasteiger partial charge in [0.1, 0.15) is 24.0 Å². The van der Waals surface area contributed by atoms with Crippen molar-refractivity contribution in [3.8, 4) is 5.75 Å². The van der Waals surface area contributed by atoms with Gasteiger partial charge in [0, 0.05) is 18.2 Å². The van der Waals surface area contributed by atoms with Crippen molar-refractivity contribution in [3.05, 3.63) is 29.8 Å². The van der Waals surface area contributed by atoms with Crippen molar-refractivity contribution in [3.63, 3.8) is 0 Å². The third-order valence-electron chi connectivity index (χ3n) is 1.98. The van der Waals surface area contributed by atoms with E-state index < -0.39 is 29.8 Å². The lowest BCUT2D eigenvalue weighted by Gasteiger charge is -2.20. The van der Waals surface area contributed by atoms with Gasteiger partial charge in [-0.1, -0.05) is 0 Å². The minimum atomic E-state index is -1.88. The quantitative estimate of drug-likeness (QED) is 0.813. The number of ether oxygens (including phenoxy) is 2. The largest absolute Gasteiger partial charge is 0.490 e. The maximum Gasteiger partial charge on any atom is 0.341 e. The fourth-order valence-electron chi connectivity index (χ4n) is 1.11. The Labute approximate surface area is 96.8 Å². The van der Waals surface area contributed by atoms with Crippen LogP contribution < -0.4 is 4.74 Å². The summed E-state index contributed by atoms with van der Waals surface area (Å²) in [6.07, 6.45) is 0. The van der Waals surface area contributed by atoms with E-state index in [1.54, 1.807) is 0 Å². The highest BCUT2D eigenvalue weighted by Gasteiger charge is 2.32. The topological polar surface area (TPSA) is 55.8 Å². The molecule has 1 aromatic carbocycles. The van der Waals surface area contributed by atoms with Crippen LogP contribution in [-0.4, -0.2) is 30.4 Å². The van der Waals surface area contributed by atoms with Crippen LogP contribution >= 0.6 is 0 Å². The van der Waals surface area contributed by atoms with Crippen molar-refractivity contribution in [2.45, 2.75) is 12.5 Å². The normalized spacial score (nSPS) is 13.9. The molecule has 0 aliphatic heterocycles. The predicted molar refractivity (Wildman–Crippen MR) is 54.5 cm³/mol. The lowest BCUT2D eigenvalue weighted by molar-refractivity contribution is -0.163. The number of carbonyl (C=O) groups is 1. The molecule has 17 heavy (non-hydrogen) atoms. The summed E-state index contributed by atoms with van der Waals surface area (Å²) in [5.74, 6) is -2.63. The Kier molecular flexibility index (Phi) is 4.01. The van der Waals surface area contributed by atoms with Crippen molar-refractivity contribution >= 4 is 5.97 Å². The number of carbonyl (C=O) groups excluding carboxylic acids is 1. The number of methoxy groups -OCH3 is 1. The van der Waals surface area contributed by atoms with Crippen LogP contribution in [0.1, 0.15) is 6.92 Å². The molecular weight excluding hydrogens is 234 g/mol. The van der Waals surface area contributed by atoms with Gasteiger partial charge in [-0.15, -0.1) is 0 Å². The summed E-state index contributed by atoms with van der Waals surface area (Å²) in [6, 6.07) is 2.57. The number of hydrogen-bond acceptors (Lipinski definition) is 4. The van der Waals surface area contributed by atoms with Gasteiger partial charge in [0.25, 0.3) is 0 Å². The van der Waals surface area contributed by atoms with Crippen LogP contribution in [0.25, 0.3) is 0 Å². The molecule has 1 N–H and O–H groups in total. The Hall–Kier alpha value is -1.69. The van der Waals surface area contributed by atoms with E-state index in [0.717, 1.165) is 19.2 Å². The average Bonchev–Trinajstić information content (AvgIpc) is 2.24. The van der Waals surface area contributed by atoms with Gasteiger partial charge in [0.05, 0.1) is 7.11 Å². The Bertz CT molecular complexity index is 398. The number of halogens is 2. The first kappa shape index (κ1) is 13.4. The number of benzene rings is 1. The molecule has 4 nitrogen and oxygen atoms in total. The zero-order valence-electron chi connectivity index (χ0n) is 9.37. The molecule has 1 rings (SSSR count). The molecule has 0 unspecified atom stereocenters. The van der Waals surface area contributed by atoms with Crippen LogP contribution in [0.2, 0.25) is 0 Å². The van der Waals surface area contributed by atoms with Crippen molar-refractivity contribution in [2.24, 2.45) is 0 Å². The summed E-state index contributed by atoms with van der Waals surface area (Å²) in [6.45, 7) is 0.705. The SMILES string of the molecule is COC(=O)[C@](C)(O)COc1cc(F)cc(F)c1. The molecule has 1 aromatic rings. The van der Waals surface area contributed by atoms with E-state index in [4.69, 9.17) is 4.74 Å². The van der Waals surface area contributed by atoms with Crippen molar-refractivity contribution in [1.29, 1.82) is 0 Å². The van der Waals surface area contributed by atoms with Crippen LogP contribution in [0.15, 0.2) is 18.2 Å². The van der Waals surface area contributed by atoms with Crippen LogP contribution in [0.3, 0.4) is 0 Å². The first-order valence-electron chi connectivity index (χ1n) is 4.75. The second kappa shape index (κ2) is 5.09. The summed E-state index contributed by atoms with van der Waals surface area (Å²) in [7, 11) is 1.11. The molecular formula is C11H12F2O4. The lowest BCUT2D eigenvalue weighted by Crippen LogP contribution is -2.42. The van der Waals surface area contributed by atoms with E-state index in [-0.39, 0.29) is 5.75 Å². The van der Waals surface area contributed by atoms with Gasteiger partial charge in [-0.3, -0.25) is 0 Å². The van der Waals surface area contributed by atoms with Crippen LogP contribution in [0.5, 0.6) is 5.75 Å². The Balaban J connectivity index is 2.70. The molecule has 0 amide bonds. The highest BCUT2D eigenvalue weighted by atomic mass is 19.1. The molecule has 0 aliphatic rings. The zero-order valence-corrected chi connectivity index (χ0v) is 9.37. The van der Waals surface area contributed by atoms with Crippen molar-refractivity contribution < 1.29 is 28.2 Å². The van der Waals surface area contributed by atoms with Gasteiger partial charge in [0.2, 0.25) is 0 Å². The van der Waals surface area contributed by atoms with Gasteiger partial charge in [-0.05, 0) is 6.92 Å². The molecule has 0 aliphatic carbocycles. The second-order valence-electron chi connectivity index (χ2n) is 3.66. The molecule has 0 aromatic heterocycles. The maximum atomic E-state index is 12.8. The first-order valence-corrected chi connectivity index (χ1v) is 4.75. The molecule has 0 spiro atoms. The highest BCUT2D eigenvalue weighted by Crippen LogP contribution is 2.17. The lowest BCUT2D eigenvalue weighted by atomic mass is 10.1. The van der Waals surface area contributed by atoms with E-state index in [2.05, 4.69) is 4.74 Å². The molecule has 6 heteroatoms.